The van der Waals surface area contributed by atoms with Crippen LogP contribution in [0.1, 0.15) is 46.1 Å². The van der Waals surface area contributed by atoms with Crippen molar-refractivity contribution in [2.75, 3.05) is 5.32 Å². The van der Waals surface area contributed by atoms with E-state index >= 15 is 0 Å². The number of hydrogen-bond donors (Lipinski definition) is 2. The molecule has 4 rings (SSSR count). The van der Waals surface area contributed by atoms with Gasteiger partial charge in [-0.05, 0) is 53.8 Å². The molecule has 0 aliphatic rings. The number of anilines is 1. The van der Waals surface area contributed by atoms with Gasteiger partial charge in [-0.15, -0.1) is 11.3 Å². The van der Waals surface area contributed by atoms with Crippen LogP contribution in [0.3, 0.4) is 0 Å². The largest absolute Gasteiger partial charge is 0.347 e. The fourth-order valence-electron chi connectivity index (χ4n) is 3.66. The lowest BCUT2D eigenvalue weighted by atomic mass is 10.0. The van der Waals surface area contributed by atoms with E-state index in [1.165, 1.54) is 28.6 Å². The van der Waals surface area contributed by atoms with E-state index in [-0.39, 0.29) is 36.3 Å². The number of rotatable bonds is 7. The number of aromatic nitrogens is 2. The maximum atomic E-state index is 13.1. The fourth-order valence-corrected chi connectivity index (χ4v) is 4.72. The van der Waals surface area contributed by atoms with Gasteiger partial charge in [-0.1, -0.05) is 38.1 Å². The average Bonchev–Trinajstić information content (AvgIpc) is 3.17. The Morgan fingerprint density at radius 2 is 1.77 bits per heavy atom. The molecule has 180 valence electrons. The van der Waals surface area contributed by atoms with Crippen LogP contribution in [0.5, 0.6) is 0 Å². The Morgan fingerprint density at radius 3 is 2.43 bits per heavy atom. The molecule has 0 saturated heterocycles. The van der Waals surface area contributed by atoms with Crippen molar-refractivity contribution in [2.24, 2.45) is 0 Å². The Morgan fingerprint density at radius 1 is 1.09 bits per heavy atom. The molecule has 0 fully saturated rings. The summed E-state index contributed by atoms with van der Waals surface area (Å²) in [4.78, 5) is 43.5. The normalized spacial score (nSPS) is 11.1. The van der Waals surface area contributed by atoms with Crippen molar-refractivity contribution in [1.82, 2.24) is 14.9 Å². The molecule has 2 aromatic heterocycles. The first-order valence-electron chi connectivity index (χ1n) is 11.1. The van der Waals surface area contributed by atoms with Crippen LogP contribution in [0, 0.1) is 12.7 Å². The molecule has 4 aromatic rings. The third-order valence-electron chi connectivity index (χ3n) is 5.66. The zero-order chi connectivity index (χ0) is 25.1. The summed E-state index contributed by atoms with van der Waals surface area (Å²) in [6, 6.07) is 13.4. The number of nitrogens with one attached hydrogen (secondary N) is 2. The highest BCUT2D eigenvalue weighted by Gasteiger charge is 2.20. The van der Waals surface area contributed by atoms with Gasteiger partial charge in [-0.2, -0.15) is 0 Å². The molecule has 0 spiro atoms. The van der Waals surface area contributed by atoms with Gasteiger partial charge in [0.2, 0.25) is 5.91 Å². The van der Waals surface area contributed by atoms with Gasteiger partial charge in [0.05, 0.1) is 16.6 Å². The highest BCUT2D eigenvalue weighted by Crippen LogP contribution is 2.27. The Balaban J connectivity index is 1.48. The van der Waals surface area contributed by atoms with E-state index in [0.717, 1.165) is 16.9 Å². The molecule has 9 heteroatoms. The summed E-state index contributed by atoms with van der Waals surface area (Å²) >= 11 is 1.12. The van der Waals surface area contributed by atoms with E-state index in [2.05, 4.69) is 29.5 Å². The molecular formula is C26H25FN4O3S. The molecule has 0 saturated carbocycles. The second-order valence-corrected chi connectivity index (χ2v) is 9.55. The van der Waals surface area contributed by atoms with Crippen molar-refractivity contribution in [3.63, 3.8) is 0 Å². The van der Waals surface area contributed by atoms with Gasteiger partial charge in [0.25, 0.3) is 11.5 Å². The first-order valence-corrected chi connectivity index (χ1v) is 12.0. The molecule has 0 atom stereocenters. The van der Waals surface area contributed by atoms with Gasteiger partial charge in [0.1, 0.15) is 17.2 Å². The Bertz CT molecular complexity index is 1440. The quantitative estimate of drug-likeness (QED) is 0.394. The van der Waals surface area contributed by atoms with E-state index in [1.807, 2.05) is 24.3 Å². The summed E-state index contributed by atoms with van der Waals surface area (Å²) in [5.74, 6) is -0.653. The van der Waals surface area contributed by atoms with Crippen LogP contribution in [0.15, 0.2) is 59.7 Å². The summed E-state index contributed by atoms with van der Waals surface area (Å²) in [6.45, 7) is 5.90. The first kappa shape index (κ1) is 24.3. The molecule has 0 aliphatic carbocycles. The number of fused-ring (bicyclic) bond motifs is 1. The standard InChI is InChI=1S/C26H25FN4O3S/c1-15(2)18-6-10-20(11-7-18)30-21(32)13-31-14-29-25-22(26(31)34)16(3)23(35-25)24(33)28-12-17-4-8-19(27)9-5-17/h4-11,14-15H,12-13H2,1-3H3,(H,28,33)(H,30,32). The third-order valence-corrected chi connectivity index (χ3v) is 6.86. The van der Waals surface area contributed by atoms with Crippen molar-refractivity contribution >= 4 is 39.1 Å². The van der Waals surface area contributed by atoms with Crippen molar-refractivity contribution in [1.29, 1.82) is 0 Å². The van der Waals surface area contributed by atoms with Crippen molar-refractivity contribution < 1.29 is 14.0 Å². The van der Waals surface area contributed by atoms with E-state index < -0.39 is 0 Å². The smallest absolute Gasteiger partial charge is 0.262 e. The zero-order valence-corrected chi connectivity index (χ0v) is 20.4. The van der Waals surface area contributed by atoms with Gasteiger partial charge in [-0.3, -0.25) is 19.0 Å². The lowest BCUT2D eigenvalue weighted by Crippen LogP contribution is -2.28. The molecule has 0 radical (unpaired) electrons. The number of halogens is 1. The molecule has 0 bridgehead atoms. The maximum Gasteiger partial charge on any atom is 0.262 e. The summed E-state index contributed by atoms with van der Waals surface area (Å²) in [7, 11) is 0. The minimum absolute atomic E-state index is 0.199. The van der Waals surface area contributed by atoms with E-state index in [1.54, 1.807) is 19.1 Å². The molecular weight excluding hydrogens is 467 g/mol. The lowest BCUT2D eigenvalue weighted by Gasteiger charge is -2.09. The Hall–Kier alpha value is -3.85. The number of carbonyl (C=O) groups excluding carboxylic acids is 2. The maximum absolute atomic E-state index is 13.1. The number of carbonyl (C=O) groups is 2. The van der Waals surface area contributed by atoms with Gasteiger partial charge in [0, 0.05) is 12.2 Å². The van der Waals surface area contributed by atoms with Gasteiger partial charge >= 0.3 is 0 Å². The number of nitrogens with zero attached hydrogens (tertiary/aromatic N) is 2. The van der Waals surface area contributed by atoms with Crippen molar-refractivity contribution in [2.45, 2.75) is 39.8 Å². The summed E-state index contributed by atoms with van der Waals surface area (Å²) < 4.78 is 14.3. The van der Waals surface area contributed by atoms with E-state index in [0.29, 0.717) is 32.3 Å². The van der Waals surface area contributed by atoms with E-state index in [9.17, 15) is 18.8 Å². The summed E-state index contributed by atoms with van der Waals surface area (Å²) in [6.07, 6.45) is 1.32. The number of benzene rings is 2. The number of amides is 2. The monoisotopic (exact) mass is 492 g/mol. The molecule has 2 amide bonds. The van der Waals surface area contributed by atoms with Crippen LogP contribution in [-0.4, -0.2) is 21.4 Å². The first-order chi connectivity index (χ1) is 16.7. The van der Waals surface area contributed by atoms with Crippen LogP contribution >= 0.6 is 11.3 Å². The molecule has 0 aliphatic heterocycles. The van der Waals surface area contributed by atoms with Gasteiger partial charge in [0.15, 0.2) is 0 Å². The molecule has 2 aromatic carbocycles. The number of thiophene rings is 1. The second kappa shape index (κ2) is 10.2. The molecule has 0 unspecified atom stereocenters. The van der Waals surface area contributed by atoms with Crippen LogP contribution in [-0.2, 0) is 17.9 Å². The SMILES string of the molecule is Cc1c(C(=O)NCc2ccc(F)cc2)sc2ncn(CC(=O)Nc3ccc(C(C)C)cc3)c(=O)c12. The topological polar surface area (TPSA) is 93.1 Å². The Kier molecular flexibility index (Phi) is 7.07. The number of hydrogen-bond acceptors (Lipinski definition) is 5. The van der Waals surface area contributed by atoms with Crippen molar-refractivity contribution in [3.05, 3.63) is 92.6 Å². The zero-order valence-electron chi connectivity index (χ0n) is 19.6. The van der Waals surface area contributed by atoms with Gasteiger partial charge < -0.3 is 10.6 Å². The highest BCUT2D eigenvalue weighted by atomic mass is 32.1. The highest BCUT2D eigenvalue weighted by molar-refractivity contribution is 7.20. The number of aryl methyl sites for hydroxylation is 1. The predicted molar refractivity (Wildman–Crippen MR) is 135 cm³/mol. The van der Waals surface area contributed by atoms with Gasteiger partial charge in [-0.25, -0.2) is 9.37 Å². The van der Waals surface area contributed by atoms with Crippen LogP contribution in [0.25, 0.3) is 10.2 Å². The van der Waals surface area contributed by atoms with Crippen LogP contribution < -0.4 is 16.2 Å². The predicted octanol–water partition coefficient (Wildman–Crippen LogP) is 4.60. The summed E-state index contributed by atoms with van der Waals surface area (Å²) in [5, 5.41) is 5.90. The average molecular weight is 493 g/mol. The molecule has 2 heterocycles. The lowest BCUT2D eigenvalue weighted by molar-refractivity contribution is -0.116. The van der Waals surface area contributed by atoms with Crippen LogP contribution in [0.4, 0.5) is 10.1 Å². The minimum atomic E-state index is -0.383. The van der Waals surface area contributed by atoms with E-state index in [4.69, 9.17) is 0 Å². The summed E-state index contributed by atoms with van der Waals surface area (Å²) in [5.41, 5.74) is 2.70. The minimum Gasteiger partial charge on any atom is -0.347 e. The second-order valence-electron chi connectivity index (χ2n) is 8.55. The third kappa shape index (κ3) is 5.46. The van der Waals surface area contributed by atoms with Crippen molar-refractivity contribution in [3.8, 4) is 0 Å². The Labute approximate surface area is 205 Å². The van der Waals surface area contributed by atoms with Crippen LogP contribution in [0.2, 0.25) is 0 Å². The molecule has 35 heavy (non-hydrogen) atoms. The molecule has 7 nitrogen and oxygen atoms in total. The molecule has 2 N–H and O–H groups in total. The fraction of sp³-hybridized carbons (Fsp3) is 0.231.